The van der Waals surface area contributed by atoms with E-state index in [0.29, 0.717) is 23.8 Å². The van der Waals surface area contributed by atoms with Crippen molar-refractivity contribution in [1.29, 1.82) is 0 Å². The lowest BCUT2D eigenvalue weighted by atomic mass is 10.2. The first-order chi connectivity index (χ1) is 15.2. The Kier molecular flexibility index (Phi) is 6.68. The number of nitrogens with zero attached hydrogens (tertiary/aromatic N) is 5. The maximum absolute atomic E-state index is 5.54. The molecule has 2 aromatic carbocycles. The third-order valence-corrected chi connectivity index (χ3v) is 6.44. The van der Waals surface area contributed by atoms with Crippen LogP contribution in [0.2, 0.25) is 0 Å². The van der Waals surface area contributed by atoms with Crippen LogP contribution in [-0.4, -0.2) is 46.5 Å². The van der Waals surface area contributed by atoms with Gasteiger partial charge in [-0.05, 0) is 40.3 Å². The van der Waals surface area contributed by atoms with Gasteiger partial charge in [-0.1, -0.05) is 30.0 Å². The number of para-hydroxylation sites is 1. The quantitative estimate of drug-likeness (QED) is 0.348. The average molecular weight is 456 g/mol. The van der Waals surface area contributed by atoms with E-state index < -0.39 is 0 Å². The molecule has 0 aliphatic heterocycles. The fraction of sp³-hybridized carbons (Fsp3) is 0.238. The van der Waals surface area contributed by atoms with Crippen molar-refractivity contribution in [2.24, 2.45) is 0 Å². The number of thioether (sulfide) groups is 1. The number of rotatable bonds is 9. The molecule has 4 aromatic rings. The zero-order valence-electron chi connectivity index (χ0n) is 17.3. The van der Waals surface area contributed by atoms with Crippen LogP contribution < -0.4 is 14.2 Å². The third kappa shape index (κ3) is 4.80. The standard InChI is InChI=1S/C21H21N5O3S2/c1-27-16-9-7-14(8-10-16)11-26-21(23-24-25-26)31-13-15-12-30-20(22-15)17-5-4-6-18(28-2)19(17)29-3/h4-10,12H,11,13H2,1-3H3. The number of hydrogen-bond acceptors (Lipinski definition) is 9. The zero-order chi connectivity index (χ0) is 21.6. The normalized spacial score (nSPS) is 10.8. The molecule has 0 fully saturated rings. The molecule has 2 heterocycles. The monoisotopic (exact) mass is 455 g/mol. The van der Waals surface area contributed by atoms with Crippen molar-refractivity contribution in [1.82, 2.24) is 25.2 Å². The predicted molar refractivity (Wildman–Crippen MR) is 120 cm³/mol. The molecule has 4 rings (SSSR count). The van der Waals surface area contributed by atoms with Crippen molar-refractivity contribution in [3.05, 3.63) is 59.1 Å². The van der Waals surface area contributed by atoms with Gasteiger partial charge in [0.05, 0.1) is 39.1 Å². The lowest BCUT2D eigenvalue weighted by Crippen LogP contribution is -2.04. The highest BCUT2D eigenvalue weighted by atomic mass is 32.2. The van der Waals surface area contributed by atoms with Gasteiger partial charge in [0, 0.05) is 11.1 Å². The number of hydrogen-bond donors (Lipinski definition) is 0. The Hall–Kier alpha value is -3.11. The Morgan fingerprint density at radius 3 is 2.58 bits per heavy atom. The maximum atomic E-state index is 5.54. The molecule has 0 amide bonds. The van der Waals surface area contributed by atoms with Crippen molar-refractivity contribution < 1.29 is 14.2 Å². The van der Waals surface area contributed by atoms with Crippen molar-refractivity contribution in [3.8, 4) is 27.8 Å². The molecule has 0 saturated heterocycles. The number of ether oxygens (including phenoxy) is 3. The molecule has 160 valence electrons. The molecule has 31 heavy (non-hydrogen) atoms. The van der Waals surface area contributed by atoms with Gasteiger partial charge in [0.1, 0.15) is 10.8 Å². The van der Waals surface area contributed by atoms with Crippen molar-refractivity contribution in [3.63, 3.8) is 0 Å². The van der Waals surface area contributed by atoms with E-state index in [9.17, 15) is 0 Å². The van der Waals surface area contributed by atoms with Crippen LogP contribution in [0.5, 0.6) is 17.2 Å². The van der Waals surface area contributed by atoms with E-state index in [1.807, 2.05) is 47.8 Å². The Morgan fingerprint density at radius 2 is 1.84 bits per heavy atom. The summed E-state index contributed by atoms with van der Waals surface area (Å²) in [7, 11) is 4.91. The van der Waals surface area contributed by atoms with Gasteiger partial charge < -0.3 is 14.2 Å². The fourth-order valence-electron chi connectivity index (χ4n) is 2.99. The molecule has 0 radical (unpaired) electrons. The molecule has 0 aliphatic carbocycles. The van der Waals surface area contributed by atoms with E-state index in [4.69, 9.17) is 19.2 Å². The largest absolute Gasteiger partial charge is 0.497 e. The first kappa shape index (κ1) is 21.1. The molecule has 0 saturated carbocycles. The number of methoxy groups -OCH3 is 3. The summed E-state index contributed by atoms with van der Waals surface area (Å²) in [6.45, 7) is 0.586. The van der Waals surface area contributed by atoms with Gasteiger partial charge in [-0.3, -0.25) is 0 Å². The highest BCUT2D eigenvalue weighted by Gasteiger charge is 2.15. The summed E-state index contributed by atoms with van der Waals surface area (Å²) in [5.74, 6) is 2.85. The second-order valence-electron chi connectivity index (χ2n) is 6.44. The molecular weight excluding hydrogens is 434 g/mol. The Morgan fingerprint density at radius 1 is 1.00 bits per heavy atom. The lowest BCUT2D eigenvalue weighted by molar-refractivity contribution is 0.356. The maximum Gasteiger partial charge on any atom is 0.210 e. The minimum atomic E-state index is 0.586. The third-order valence-electron chi connectivity index (χ3n) is 4.52. The first-order valence-electron chi connectivity index (χ1n) is 9.39. The summed E-state index contributed by atoms with van der Waals surface area (Å²) in [5, 5.41) is 15.8. The molecule has 0 atom stereocenters. The predicted octanol–water partition coefficient (Wildman–Crippen LogP) is 4.16. The van der Waals surface area contributed by atoms with E-state index in [-0.39, 0.29) is 0 Å². The van der Waals surface area contributed by atoms with Crippen molar-refractivity contribution in [2.75, 3.05) is 21.3 Å². The molecule has 2 aromatic heterocycles. The van der Waals surface area contributed by atoms with Gasteiger partial charge in [0.15, 0.2) is 11.5 Å². The highest BCUT2D eigenvalue weighted by molar-refractivity contribution is 7.98. The van der Waals surface area contributed by atoms with Crippen LogP contribution in [0.3, 0.4) is 0 Å². The minimum absolute atomic E-state index is 0.586. The van der Waals surface area contributed by atoms with Crippen molar-refractivity contribution in [2.45, 2.75) is 17.5 Å². The Bertz CT molecular complexity index is 1140. The minimum Gasteiger partial charge on any atom is -0.497 e. The van der Waals surface area contributed by atoms with Gasteiger partial charge in [-0.15, -0.1) is 16.4 Å². The molecule has 10 heteroatoms. The number of thiazole rings is 1. The van der Waals surface area contributed by atoms with E-state index in [2.05, 4.69) is 15.5 Å². The molecule has 0 spiro atoms. The van der Waals surface area contributed by atoms with Crippen LogP contribution in [0.15, 0.2) is 53.0 Å². The Labute approximate surface area is 188 Å². The number of aromatic nitrogens is 5. The van der Waals surface area contributed by atoms with Gasteiger partial charge in [0.25, 0.3) is 0 Å². The first-order valence-corrected chi connectivity index (χ1v) is 11.3. The van der Waals surface area contributed by atoms with Crippen LogP contribution in [0, 0.1) is 0 Å². The van der Waals surface area contributed by atoms with Gasteiger partial charge in [-0.2, -0.15) is 0 Å². The summed E-state index contributed by atoms with van der Waals surface area (Å²) in [6, 6.07) is 13.6. The van der Waals surface area contributed by atoms with Crippen LogP contribution >= 0.6 is 23.1 Å². The molecule has 0 bridgehead atoms. The van der Waals surface area contributed by atoms with Crippen LogP contribution in [-0.2, 0) is 12.3 Å². The van der Waals surface area contributed by atoms with E-state index >= 15 is 0 Å². The zero-order valence-corrected chi connectivity index (χ0v) is 18.9. The van der Waals surface area contributed by atoms with Crippen LogP contribution in [0.25, 0.3) is 10.6 Å². The summed E-state index contributed by atoms with van der Waals surface area (Å²) in [5.41, 5.74) is 2.96. The van der Waals surface area contributed by atoms with Gasteiger partial charge in [0.2, 0.25) is 5.16 Å². The molecule has 8 nitrogen and oxygen atoms in total. The number of benzene rings is 2. The van der Waals surface area contributed by atoms with Crippen LogP contribution in [0.4, 0.5) is 0 Å². The second-order valence-corrected chi connectivity index (χ2v) is 8.24. The van der Waals surface area contributed by atoms with Crippen LogP contribution in [0.1, 0.15) is 11.3 Å². The fourth-order valence-corrected chi connectivity index (χ4v) is 4.71. The average Bonchev–Trinajstić information content (AvgIpc) is 3.47. The molecular formula is C21H21N5O3S2. The smallest absolute Gasteiger partial charge is 0.210 e. The summed E-state index contributed by atoms with van der Waals surface area (Å²) in [6.07, 6.45) is 0. The second kappa shape index (κ2) is 9.80. The summed E-state index contributed by atoms with van der Waals surface area (Å²) < 4.78 is 17.9. The summed E-state index contributed by atoms with van der Waals surface area (Å²) >= 11 is 3.12. The van der Waals surface area contributed by atoms with Crippen molar-refractivity contribution >= 4 is 23.1 Å². The van der Waals surface area contributed by atoms with E-state index in [1.54, 1.807) is 49.1 Å². The molecule has 0 N–H and O–H groups in total. The number of tetrazole rings is 1. The molecule has 0 aliphatic rings. The van der Waals surface area contributed by atoms with E-state index in [1.165, 1.54) is 0 Å². The highest BCUT2D eigenvalue weighted by Crippen LogP contribution is 2.39. The topological polar surface area (TPSA) is 84.2 Å². The summed E-state index contributed by atoms with van der Waals surface area (Å²) in [4.78, 5) is 4.77. The molecule has 0 unspecified atom stereocenters. The lowest BCUT2D eigenvalue weighted by Gasteiger charge is -2.10. The SMILES string of the molecule is COc1ccc(Cn2nnnc2SCc2csc(-c3cccc(OC)c3OC)n2)cc1. The Balaban J connectivity index is 1.45. The van der Waals surface area contributed by atoms with Gasteiger partial charge in [-0.25, -0.2) is 9.67 Å². The van der Waals surface area contributed by atoms with Gasteiger partial charge >= 0.3 is 0 Å². The van der Waals surface area contributed by atoms with E-state index in [0.717, 1.165) is 32.7 Å².